The molecule has 1 aliphatic rings. The Hall–Kier alpha value is -3.39. The number of ether oxygens (including phenoxy) is 1. The molecule has 1 aromatic carbocycles. The van der Waals surface area contributed by atoms with Crippen molar-refractivity contribution in [1.29, 1.82) is 0 Å². The Bertz CT molecular complexity index is 1130. The highest BCUT2D eigenvalue weighted by Crippen LogP contribution is 2.27. The van der Waals surface area contributed by atoms with Crippen LogP contribution in [0, 0.1) is 5.82 Å². The van der Waals surface area contributed by atoms with Crippen molar-refractivity contribution in [3.8, 4) is 0 Å². The van der Waals surface area contributed by atoms with Gasteiger partial charge in [-0.05, 0) is 43.2 Å². The maximum Gasteiger partial charge on any atom is 0.253 e. The maximum atomic E-state index is 13.3. The summed E-state index contributed by atoms with van der Waals surface area (Å²) < 4.78 is 20.7. The summed E-state index contributed by atoms with van der Waals surface area (Å²) in [6, 6.07) is 9.11. The first kappa shape index (κ1) is 22.8. The van der Waals surface area contributed by atoms with Gasteiger partial charge in [-0.25, -0.2) is 14.4 Å². The standard InChI is InChI=1S/C25H27FN4O3/c1-3-17(24-27-9-4-10-28-24)13-23(31)21-14-20(22-15-33-12-11-30(21)22)25(32)29-16(2)18-5-7-19(26)8-6-18/h4-10,14,16-17H,3,11-13,15H2,1-2H3,(H,29,32)/t16-,17-/m1/s1. The molecule has 2 aromatic heterocycles. The number of aromatic nitrogens is 3. The van der Waals surface area contributed by atoms with Gasteiger partial charge in [0.25, 0.3) is 5.91 Å². The van der Waals surface area contributed by atoms with Crippen LogP contribution in [0.2, 0.25) is 0 Å². The highest BCUT2D eigenvalue weighted by molar-refractivity contribution is 6.01. The Morgan fingerprint density at radius 2 is 1.94 bits per heavy atom. The lowest BCUT2D eigenvalue weighted by Gasteiger charge is -2.20. The number of hydrogen-bond acceptors (Lipinski definition) is 5. The fraction of sp³-hybridized carbons (Fsp3) is 0.360. The number of ketones is 1. The third-order valence-electron chi connectivity index (χ3n) is 6.03. The van der Waals surface area contributed by atoms with Gasteiger partial charge in [-0.3, -0.25) is 9.59 Å². The van der Waals surface area contributed by atoms with Gasteiger partial charge in [-0.15, -0.1) is 0 Å². The summed E-state index contributed by atoms with van der Waals surface area (Å²) in [6.45, 7) is 5.09. The van der Waals surface area contributed by atoms with Gasteiger partial charge in [-0.1, -0.05) is 19.1 Å². The van der Waals surface area contributed by atoms with Crippen molar-refractivity contribution in [2.45, 2.75) is 51.8 Å². The lowest BCUT2D eigenvalue weighted by atomic mass is 9.97. The summed E-state index contributed by atoms with van der Waals surface area (Å²) in [5.74, 6) is -0.124. The van der Waals surface area contributed by atoms with E-state index in [0.717, 1.165) is 12.0 Å². The minimum absolute atomic E-state index is 0.0527. The first-order valence-electron chi connectivity index (χ1n) is 11.1. The average molecular weight is 451 g/mol. The number of carbonyl (C=O) groups is 2. The highest BCUT2D eigenvalue weighted by Gasteiger charge is 2.28. The van der Waals surface area contributed by atoms with Crippen LogP contribution in [0.25, 0.3) is 0 Å². The van der Waals surface area contributed by atoms with E-state index >= 15 is 0 Å². The van der Waals surface area contributed by atoms with Crippen LogP contribution in [-0.4, -0.2) is 32.8 Å². The lowest BCUT2D eigenvalue weighted by Crippen LogP contribution is -2.28. The molecule has 1 amide bonds. The average Bonchev–Trinajstić information content (AvgIpc) is 3.23. The molecule has 3 aromatic rings. The monoisotopic (exact) mass is 450 g/mol. The van der Waals surface area contributed by atoms with E-state index in [1.165, 1.54) is 12.1 Å². The Kier molecular flexibility index (Phi) is 6.93. The number of fused-ring (bicyclic) bond motifs is 1. The first-order chi connectivity index (χ1) is 16.0. The zero-order chi connectivity index (χ0) is 23.4. The SMILES string of the molecule is CC[C@H](CC(=O)c1cc(C(=O)N[C@H](C)c2ccc(F)cc2)c2n1CCOC2)c1ncccn1. The largest absolute Gasteiger partial charge is 0.373 e. The number of nitrogens with zero attached hydrogens (tertiary/aromatic N) is 3. The normalized spacial score (nSPS) is 14.9. The van der Waals surface area contributed by atoms with Crippen LogP contribution in [0.5, 0.6) is 0 Å². The van der Waals surface area contributed by atoms with E-state index in [-0.39, 0.29) is 42.5 Å². The summed E-state index contributed by atoms with van der Waals surface area (Å²) in [5.41, 5.74) is 2.41. The number of amides is 1. The molecule has 0 spiro atoms. The van der Waals surface area contributed by atoms with Gasteiger partial charge in [0, 0.05) is 31.3 Å². The molecule has 2 atom stereocenters. The predicted molar refractivity (Wildman–Crippen MR) is 120 cm³/mol. The molecular formula is C25H27FN4O3. The van der Waals surface area contributed by atoms with Crippen molar-refractivity contribution < 1.29 is 18.7 Å². The molecule has 1 aliphatic heterocycles. The summed E-state index contributed by atoms with van der Waals surface area (Å²) in [4.78, 5) is 35.0. The fourth-order valence-corrected chi connectivity index (χ4v) is 4.13. The van der Waals surface area contributed by atoms with Crippen LogP contribution < -0.4 is 5.32 Å². The zero-order valence-electron chi connectivity index (χ0n) is 18.8. The van der Waals surface area contributed by atoms with Crippen LogP contribution >= 0.6 is 0 Å². The van der Waals surface area contributed by atoms with E-state index in [4.69, 9.17) is 4.74 Å². The topological polar surface area (TPSA) is 86.1 Å². The second-order valence-electron chi connectivity index (χ2n) is 8.18. The van der Waals surface area contributed by atoms with E-state index < -0.39 is 0 Å². The highest BCUT2D eigenvalue weighted by atomic mass is 19.1. The molecule has 33 heavy (non-hydrogen) atoms. The van der Waals surface area contributed by atoms with E-state index in [0.29, 0.717) is 35.9 Å². The Morgan fingerprint density at radius 1 is 1.21 bits per heavy atom. The van der Waals surface area contributed by atoms with Crippen LogP contribution in [-0.2, 0) is 17.9 Å². The van der Waals surface area contributed by atoms with E-state index in [1.807, 2.05) is 18.4 Å². The molecule has 8 heteroatoms. The van der Waals surface area contributed by atoms with Gasteiger partial charge in [0.05, 0.1) is 36.2 Å². The van der Waals surface area contributed by atoms with Gasteiger partial charge in [-0.2, -0.15) is 0 Å². The second-order valence-corrected chi connectivity index (χ2v) is 8.18. The van der Waals surface area contributed by atoms with Crippen LogP contribution in [0.1, 0.15) is 76.6 Å². The summed E-state index contributed by atoms with van der Waals surface area (Å²) in [5, 5.41) is 2.95. The molecule has 172 valence electrons. The van der Waals surface area contributed by atoms with E-state index in [9.17, 15) is 14.0 Å². The van der Waals surface area contributed by atoms with Crippen molar-refractivity contribution >= 4 is 11.7 Å². The molecular weight excluding hydrogens is 423 g/mol. The number of nitrogens with one attached hydrogen (secondary N) is 1. The van der Waals surface area contributed by atoms with Crippen molar-refractivity contribution in [3.63, 3.8) is 0 Å². The summed E-state index contributed by atoms with van der Waals surface area (Å²) in [7, 11) is 0. The summed E-state index contributed by atoms with van der Waals surface area (Å²) >= 11 is 0. The quantitative estimate of drug-likeness (QED) is 0.520. The fourth-order valence-electron chi connectivity index (χ4n) is 4.13. The van der Waals surface area contributed by atoms with Gasteiger partial charge < -0.3 is 14.6 Å². The minimum Gasteiger partial charge on any atom is -0.373 e. The van der Waals surface area contributed by atoms with Crippen LogP contribution in [0.3, 0.4) is 0 Å². The molecule has 7 nitrogen and oxygen atoms in total. The van der Waals surface area contributed by atoms with Crippen molar-refractivity contribution in [1.82, 2.24) is 19.9 Å². The minimum atomic E-state index is -0.328. The smallest absolute Gasteiger partial charge is 0.253 e. The Balaban J connectivity index is 1.56. The molecule has 0 saturated heterocycles. The molecule has 0 unspecified atom stereocenters. The number of rotatable bonds is 8. The summed E-state index contributed by atoms with van der Waals surface area (Å²) in [6.07, 6.45) is 4.35. The van der Waals surface area contributed by atoms with Crippen molar-refractivity contribution in [2.24, 2.45) is 0 Å². The van der Waals surface area contributed by atoms with Crippen molar-refractivity contribution in [3.05, 3.63) is 82.9 Å². The molecule has 0 fully saturated rings. The third kappa shape index (κ3) is 5.01. The van der Waals surface area contributed by atoms with Gasteiger partial charge >= 0.3 is 0 Å². The zero-order valence-corrected chi connectivity index (χ0v) is 18.8. The van der Waals surface area contributed by atoms with Crippen LogP contribution in [0.15, 0.2) is 48.8 Å². The Morgan fingerprint density at radius 3 is 2.64 bits per heavy atom. The first-order valence-corrected chi connectivity index (χ1v) is 11.1. The molecule has 0 saturated carbocycles. The molecule has 0 radical (unpaired) electrons. The number of carbonyl (C=O) groups excluding carboxylic acids is 2. The molecule has 4 rings (SSSR count). The van der Waals surface area contributed by atoms with Gasteiger partial charge in [0.2, 0.25) is 0 Å². The van der Waals surface area contributed by atoms with Gasteiger partial charge in [0.15, 0.2) is 5.78 Å². The van der Waals surface area contributed by atoms with E-state index in [1.54, 1.807) is 36.7 Å². The van der Waals surface area contributed by atoms with Crippen molar-refractivity contribution in [2.75, 3.05) is 6.61 Å². The third-order valence-corrected chi connectivity index (χ3v) is 6.03. The second kappa shape index (κ2) is 10.0. The van der Waals surface area contributed by atoms with Gasteiger partial charge in [0.1, 0.15) is 11.6 Å². The lowest BCUT2D eigenvalue weighted by molar-refractivity contribution is 0.0781. The molecule has 3 heterocycles. The molecule has 0 aliphatic carbocycles. The molecule has 0 bridgehead atoms. The van der Waals surface area contributed by atoms with E-state index in [2.05, 4.69) is 15.3 Å². The number of benzene rings is 1. The number of hydrogen-bond donors (Lipinski definition) is 1. The van der Waals surface area contributed by atoms with Crippen LogP contribution in [0.4, 0.5) is 4.39 Å². The predicted octanol–water partition coefficient (Wildman–Crippen LogP) is 4.21. The number of Topliss-reactive ketones (excluding diaryl/α,β-unsaturated/α-hetero) is 1. The Labute approximate surface area is 192 Å². The maximum absolute atomic E-state index is 13.3. The number of halogens is 1. The molecule has 1 N–H and O–H groups in total.